The first-order valence-corrected chi connectivity index (χ1v) is 11.4. The Hall–Kier alpha value is -1.53. The number of rotatable bonds is 6. The molecule has 0 radical (unpaired) electrons. The van der Waals surface area contributed by atoms with Crippen LogP contribution in [-0.2, 0) is 16.8 Å². The van der Waals surface area contributed by atoms with Gasteiger partial charge in [0.05, 0.1) is 5.75 Å². The standard InChI is InChI=1S/C21H24ClN3O2S/c22-17-3-1-13(2-4-17)11-23-18(26)12-28-20-25-24-19(27-20)21-8-14-5-15(9-21)7-16(6-14)10-21/h1-4,14-16H,5-12H2,(H,23,26). The lowest BCUT2D eigenvalue weighted by Gasteiger charge is -2.55. The van der Waals surface area contributed by atoms with Gasteiger partial charge in [0.25, 0.3) is 5.22 Å². The Morgan fingerprint density at radius 3 is 2.39 bits per heavy atom. The Kier molecular flexibility index (Phi) is 4.87. The van der Waals surface area contributed by atoms with Crippen LogP contribution in [0.1, 0.15) is 50.0 Å². The van der Waals surface area contributed by atoms with Gasteiger partial charge in [0.2, 0.25) is 11.8 Å². The molecular formula is C21H24ClN3O2S. The molecule has 4 aliphatic rings. The highest BCUT2D eigenvalue weighted by Crippen LogP contribution is 2.60. The van der Waals surface area contributed by atoms with E-state index < -0.39 is 0 Å². The number of nitrogens with zero attached hydrogens (tertiary/aromatic N) is 2. The second kappa shape index (κ2) is 7.38. The Bertz CT molecular complexity index is 832. The topological polar surface area (TPSA) is 68.0 Å². The lowest BCUT2D eigenvalue weighted by Crippen LogP contribution is -2.48. The van der Waals surface area contributed by atoms with Crippen molar-refractivity contribution >= 4 is 29.3 Å². The molecule has 0 spiro atoms. The van der Waals surface area contributed by atoms with E-state index in [9.17, 15) is 4.79 Å². The zero-order valence-electron chi connectivity index (χ0n) is 15.7. The summed E-state index contributed by atoms with van der Waals surface area (Å²) < 4.78 is 6.04. The number of nitrogens with one attached hydrogen (secondary N) is 1. The van der Waals surface area contributed by atoms with Crippen LogP contribution >= 0.6 is 23.4 Å². The SMILES string of the molecule is O=C(CSc1nnc(C23CC4CC(CC(C4)C2)C3)o1)NCc1ccc(Cl)cc1. The van der Waals surface area contributed by atoms with Gasteiger partial charge >= 0.3 is 0 Å². The minimum absolute atomic E-state index is 0.0468. The molecule has 6 rings (SSSR count). The van der Waals surface area contributed by atoms with Gasteiger partial charge in [-0.15, -0.1) is 10.2 Å². The van der Waals surface area contributed by atoms with Gasteiger partial charge in [0.15, 0.2) is 0 Å². The van der Waals surface area contributed by atoms with Crippen LogP contribution in [0.2, 0.25) is 5.02 Å². The maximum Gasteiger partial charge on any atom is 0.277 e. The molecule has 0 atom stereocenters. The molecule has 4 saturated carbocycles. The molecule has 0 unspecified atom stereocenters. The number of thioether (sulfide) groups is 1. The maximum atomic E-state index is 12.1. The molecule has 2 aromatic rings. The van der Waals surface area contributed by atoms with Crippen molar-refractivity contribution in [2.45, 2.75) is 55.7 Å². The van der Waals surface area contributed by atoms with Crippen molar-refractivity contribution in [1.82, 2.24) is 15.5 Å². The fourth-order valence-corrected chi connectivity index (χ4v) is 6.56. The fraction of sp³-hybridized carbons (Fsp3) is 0.571. The van der Waals surface area contributed by atoms with E-state index in [0.29, 0.717) is 16.8 Å². The molecule has 7 heteroatoms. The van der Waals surface area contributed by atoms with E-state index in [1.165, 1.54) is 50.3 Å². The molecule has 5 nitrogen and oxygen atoms in total. The van der Waals surface area contributed by atoms with Gasteiger partial charge in [-0.1, -0.05) is 35.5 Å². The van der Waals surface area contributed by atoms with Crippen LogP contribution in [0.3, 0.4) is 0 Å². The van der Waals surface area contributed by atoms with E-state index in [1.54, 1.807) is 0 Å². The average molecular weight is 418 g/mol. The molecule has 4 aliphatic carbocycles. The number of hydrogen-bond acceptors (Lipinski definition) is 5. The first kappa shape index (κ1) is 18.5. The maximum absolute atomic E-state index is 12.1. The highest BCUT2D eigenvalue weighted by atomic mass is 35.5. The van der Waals surface area contributed by atoms with Crippen LogP contribution in [0.5, 0.6) is 0 Å². The molecule has 28 heavy (non-hydrogen) atoms. The second-order valence-corrected chi connectivity index (χ2v) is 10.1. The van der Waals surface area contributed by atoms with Crippen molar-refractivity contribution in [3.05, 3.63) is 40.7 Å². The van der Waals surface area contributed by atoms with E-state index in [4.69, 9.17) is 16.0 Å². The minimum atomic E-state index is -0.0468. The highest BCUT2D eigenvalue weighted by molar-refractivity contribution is 7.99. The van der Waals surface area contributed by atoms with Crippen LogP contribution in [0, 0.1) is 17.8 Å². The van der Waals surface area contributed by atoms with Crippen molar-refractivity contribution in [2.24, 2.45) is 17.8 Å². The first-order valence-electron chi connectivity index (χ1n) is 10.1. The molecule has 1 heterocycles. The van der Waals surface area contributed by atoms with E-state index in [2.05, 4.69) is 15.5 Å². The fourth-order valence-electron chi connectivity index (χ4n) is 5.84. The normalized spacial score (nSPS) is 30.5. The summed E-state index contributed by atoms with van der Waals surface area (Å²) in [7, 11) is 0. The van der Waals surface area contributed by atoms with Crippen LogP contribution in [0.15, 0.2) is 33.9 Å². The number of hydrogen-bond donors (Lipinski definition) is 1. The number of carbonyl (C=O) groups is 1. The molecule has 1 aromatic carbocycles. The van der Waals surface area contributed by atoms with Gasteiger partial charge in [-0.25, -0.2) is 0 Å². The Labute approximate surface area is 174 Å². The zero-order valence-corrected chi connectivity index (χ0v) is 17.3. The highest BCUT2D eigenvalue weighted by Gasteiger charge is 2.54. The average Bonchev–Trinajstić information content (AvgIpc) is 3.15. The van der Waals surface area contributed by atoms with Crippen molar-refractivity contribution in [3.8, 4) is 0 Å². The van der Waals surface area contributed by atoms with Crippen molar-refractivity contribution in [3.63, 3.8) is 0 Å². The second-order valence-electron chi connectivity index (χ2n) is 8.76. The number of carbonyl (C=O) groups excluding carboxylic acids is 1. The van der Waals surface area contributed by atoms with Gasteiger partial charge < -0.3 is 9.73 Å². The van der Waals surface area contributed by atoms with Crippen molar-refractivity contribution in [2.75, 3.05) is 5.75 Å². The Morgan fingerprint density at radius 1 is 1.11 bits per heavy atom. The number of benzene rings is 1. The van der Waals surface area contributed by atoms with E-state index in [-0.39, 0.29) is 17.1 Å². The van der Waals surface area contributed by atoms with E-state index in [0.717, 1.165) is 29.2 Å². The zero-order chi connectivity index (χ0) is 19.1. The summed E-state index contributed by atoms with van der Waals surface area (Å²) in [5, 5.41) is 12.7. The molecule has 1 amide bonds. The molecular weight excluding hydrogens is 394 g/mol. The predicted molar refractivity (Wildman–Crippen MR) is 108 cm³/mol. The number of amides is 1. The summed E-state index contributed by atoms with van der Waals surface area (Å²) in [4.78, 5) is 12.1. The summed E-state index contributed by atoms with van der Waals surface area (Å²) in [5.41, 5.74) is 1.13. The Morgan fingerprint density at radius 2 is 1.75 bits per heavy atom. The first-order chi connectivity index (χ1) is 13.6. The summed E-state index contributed by atoms with van der Waals surface area (Å²) in [6.45, 7) is 0.485. The monoisotopic (exact) mass is 417 g/mol. The molecule has 148 valence electrons. The third-order valence-electron chi connectivity index (χ3n) is 6.63. The van der Waals surface area contributed by atoms with Crippen LogP contribution in [0.4, 0.5) is 0 Å². The minimum Gasteiger partial charge on any atom is -0.415 e. The molecule has 1 aromatic heterocycles. The summed E-state index contributed by atoms with van der Waals surface area (Å²) in [5.74, 6) is 3.56. The quantitative estimate of drug-likeness (QED) is 0.695. The van der Waals surface area contributed by atoms with Gasteiger partial charge in [-0.3, -0.25) is 4.79 Å². The number of halogens is 1. The van der Waals surface area contributed by atoms with Gasteiger partial charge in [-0.2, -0.15) is 0 Å². The lowest BCUT2D eigenvalue weighted by molar-refractivity contribution is -0.118. The van der Waals surface area contributed by atoms with Crippen LogP contribution in [-0.4, -0.2) is 21.9 Å². The van der Waals surface area contributed by atoms with E-state index in [1.807, 2.05) is 24.3 Å². The van der Waals surface area contributed by atoms with Gasteiger partial charge in [0.1, 0.15) is 0 Å². The summed E-state index contributed by atoms with van der Waals surface area (Å²) in [6, 6.07) is 7.46. The molecule has 1 N–H and O–H groups in total. The van der Waals surface area contributed by atoms with Gasteiger partial charge in [0, 0.05) is 17.0 Å². The largest absolute Gasteiger partial charge is 0.415 e. The molecule has 4 fully saturated rings. The lowest BCUT2D eigenvalue weighted by atomic mass is 9.49. The molecule has 0 saturated heterocycles. The smallest absolute Gasteiger partial charge is 0.277 e. The van der Waals surface area contributed by atoms with Crippen LogP contribution < -0.4 is 5.32 Å². The van der Waals surface area contributed by atoms with Crippen molar-refractivity contribution in [1.29, 1.82) is 0 Å². The van der Waals surface area contributed by atoms with Crippen LogP contribution in [0.25, 0.3) is 0 Å². The summed E-state index contributed by atoms with van der Waals surface area (Å²) in [6.07, 6.45) is 7.78. The summed E-state index contributed by atoms with van der Waals surface area (Å²) >= 11 is 7.20. The van der Waals surface area contributed by atoms with Crippen molar-refractivity contribution < 1.29 is 9.21 Å². The predicted octanol–water partition coefficient (Wildman–Crippen LogP) is 4.60. The van der Waals surface area contributed by atoms with Gasteiger partial charge in [-0.05, 0) is 74.0 Å². The van der Waals surface area contributed by atoms with E-state index >= 15 is 0 Å². The molecule has 4 bridgehead atoms. The molecule has 0 aliphatic heterocycles. The number of aromatic nitrogens is 2. The third kappa shape index (κ3) is 3.69. The Balaban J connectivity index is 1.16. The third-order valence-corrected chi connectivity index (χ3v) is 7.70.